The molecule has 1 fully saturated rings. The molecule has 3 rings (SSSR count). The zero-order valence-electron chi connectivity index (χ0n) is 12.7. The number of benzene rings is 2. The number of ether oxygens (including phenoxy) is 1. The normalized spacial score (nSPS) is 21.7. The van der Waals surface area contributed by atoms with Gasteiger partial charge >= 0.3 is 0 Å². The average molecular weight is 317 g/mol. The molecule has 1 heterocycles. The standard InChI is InChI=1S/C18H21ClN2O/c1-22-18-7-3-6-17(10-18)21-11-14(9-16(20)12-21)13-4-2-5-15(19)8-13/h2-8,10,14,16H,9,11-12,20H2,1H3. The lowest BCUT2D eigenvalue weighted by atomic mass is 9.88. The van der Waals surface area contributed by atoms with Crippen molar-refractivity contribution < 1.29 is 4.74 Å². The third-order valence-corrected chi connectivity index (χ3v) is 4.46. The minimum Gasteiger partial charge on any atom is -0.497 e. The van der Waals surface area contributed by atoms with Gasteiger partial charge in [-0.05, 0) is 36.2 Å². The van der Waals surface area contributed by atoms with E-state index < -0.39 is 0 Å². The number of hydrogen-bond acceptors (Lipinski definition) is 3. The second-order valence-electron chi connectivity index (χ2n) is 5.85. The zero-order chi connectivity index (χ0) is 15.5. The van der Waals surface area contributed by atoms with Gasteiger partial charge in [-0.2, -0.15) is 0 Å². The fraction of sp³-hybridized carbons (Fsp3) is 0.333. The molecule has 22 heavy (non-hydrogen) atoms. The van der Waals surface area contributed by atoms with Gasteiger partial charge in [-0.25, -0.2) is 0 Å². The van der Waals surface area contributed by atoms with Gasteiger partial charge in [0.05, 0.1) is 7.11 Å². The minimum atomic E-state index is 0.156. The van der Waals surface area contributed by atoms with Crippen molar-refractivity contribution in [3.8, 4) is 5.75 Å². The van der Waals surface area contributed by atoms with Crippen LogP contribution < -0.4 is 15.4 Å². The largest absolute Gasteiger partial charge is 0.497 e. The Morgan fingerprint density at radius 3 is 2.73 bits per heavy atom. The first-order chi connectivity index (χ1) is 10.7. The highest BCUT2D eigenvalue weighted by molar-refractivity contribution is 6.30. The summed E-state index contributed by atoms with van der Waals surface area (Å²) in [7, 11) is 1.69. The fourth-order valence-corrected chi connectivity index (χ4v) is 3.36. The Hall–Kier alpha value is -1.71. The lowest BCUT2D eigenvalue weighted by Gasteiger charge is -2.38. The molecule has 0 aromatic heterocycles. The van der Waals surface area contributed by atoms with E-state index in [2.05, 4.69) is 23.1 Å². The van der Waals surface area contributed by atoms with Crippen LogP contribution in [0.1, 0.15) is 17.9 Å². The Balaban J connectivity index is 1.84. The van der Waals surface area contributed by atoms with Crippen molar-refractivity contribution in [2.24, 2.45) is 5.73 Å². The van der Waals surface area contributed by atoms with E-state index >= 15 is 0 Å². The molecule has 2 aromatic rings. The molecule has 0 radical (unpaired) electrons. The Kier molecular flexibility index (Phi) is 4.55. The van der Waals surface area contributed by atoms with Crippen molar-refractivity contribution in [1.29, 1.82) is 0 Å². The average Bonchev–Trinajstić information content (AvgIpc) is 2.54. The molecule has 1 aliphatic rings. The van der Waals surface area contributed by atoms with Gasteiger partial charge in [0.15, 0.2) is 0 Å². The van der Waals surface area contributed by atoms with Crippen LogP contribution >= 0.6 is 11.6 Å². The molecule has 1 saturated heterocycles. The van der Waals surface area contributed by atoms with Crippen LogP contribution in [0.2, 0.25) is 5.02 Å². The topological polar surface area (TPSA) is 38.5 Å². The van der Waals surface area contributed by atoms with Crippen LogP contribution in [0.5, 0.6) is 5.75 Å². The third-order valence-electron chi connectivity index (χ3n) is 4.22. The Bertz CT molecular complexity index is 646. The van der Waals surface area contributed by atoms with Crippen LogP contribution in [-0.4, -0.2) is 26.2 Å². The molecule has 0 amide bonds. The predicted molar refractivity (Wildman–Crippen MR) is 92.0 cm³/mol. The first-order valence-electron chi connectivity index (χ1n) is 7.56. The van der Waals surface area contributed by atoms with E-state index in [0.717, 1.165) is 36.0 Å². The number of methoxy groups -OCH3 is 1. The van der Waals surface area contributed by atoms with Crippen molar-refractivity contribution in [2.45, 2.75) is 18.4 Å². The van der Waals surface area contributed by atoms with Crippen LogP contribution in [0.25, 0.3) is 0 Å². The summed E-state index contributed by atoms with van der Waals surface area (Å²) >= 11 is 6.13. The Morgan fingerprint density at radius 2 is 1.95 bits per heavy atom. The number of piperidine rings is 1. The van der Waals surface area contributed by atoms with Crippen molar-refractivity contribution in [3.05, 3.63) is 59.1 Å². The fourth-order valence-electron chi connectivity index (χ4n) is 3.16. The number of hydrogen-bond donors (Lipinski definition) is 1. The highest BCUT2D eigenvalue weighted by Gasteiger charge is 2.26. The molecule has 0 saturated carbocycles. The molecule has 0 aliphatic carbocycles. The van der Waals surface area contributed by atoms with Crippen LogP contribution in [0.15, 0.2) is 48.5 Å². The second-order valence-corrected chi connectivity index (χ2v) is 6.29. The molecule has 1 aliphatic heterocycles. The highest BCUT2D eigenvalue weighted by Crippen LogP contribution is 2.31. The van der Waals surface area contributed by atoms with Gasteiger partial charge in [-0.15, -0.1) is 0 Å². The van der Waals surface area contributed by atoms with Gasteiger partial charge in [-0.3, -0.25) is 0 Å². The number of rotatable bonds is 3. The lowest BCUT2D eigenvalue weighted by Crippen LogP contribution is -2.46. The lowest BCUT2D eigenvalue weighted by molar-refractivity contribution is 0.413. The Labute approximate surface area is 136 Å². The monoisotopic (exact) mass is 316 g/mol. The highest BCUT2D eigenvalue weighted by atomic mass is 35.5. The molecule has 4 heteroatoms. The number of nitrogens with zero attached hydrogens (tertiary/aromatic N) is 1. The molecule has 2 atom stereocenters. The van der Waals surface area contributed by atoms with E-state index in [4.69, 9.17) is 22.1 Å². The van der Waals surface area contributed by atoms with Crippen LogP contribution in [-0.2, 0) is 0 Å². The zero-order valence-corrected chi connectivity index (χ0v) is 13.5. The van der Waals surface area contributed by atoms with Crippen molar-refractivity contribution in [1.82, 2.24) is 0 Å². The van der Waals surface area contributed by atoms with Crippen LogP contribution in [0.4, 0.5) is 5.69 Å². The predicted octanol–water partition coefficient (Wildman–Crippen LogP) is 3.67. The third kappa shape index (κ3) is 3.37. The minimum absolute atomic E-state index is 0.156. The molecule has 116 valence electrons. The number of anilines is 1. The summed E-state index contributed by atoms with van der Waals surface area (Å²) in [5, 5.41) is 0.782. The van der Waals surface area contributed by atoms with Crippen molar-refractivity contribution in [3.63, 3.8) is 0 Å². The summed E-state index contributed by atoms with van der Waals surface area (Å²) in [4.78, 5) is 2.34. The molecule has 0 bridgehead atoms. The molecule has 3 nitrogen and oxygen atoms in total. The Morgan fingerprint density at radius 1 is 1.14 bits per heavy atom. The van der Waals surface area contributed by atoms with Gasteiger partial charge in [0.1, 0.15) is 5.75 Å². The summed E-state index contributed by atoms with van der Waals surface area (Å²) in [6.45, 7) is 1.81. The van der Waals surface area contributed by atoms with Gasteiger partial charge in [0.25, 0.3) is 0 Å². The molecule has 2 unspecified atom stereocenters. The summed E-state index contributed by atoms with van der Waals surface area (Å²) in [5.74, 6) is 1.27. The van der Waals surface area contributed by atoms with Crippen molar-refractivity contribution >= 4 is 17.3 Å². The second kappa shape index (κ2) is 6.59. The molecule has 2 N–H and O–H groups in total. The van der Waals surface area contributed by atoms with Gasteiger partial charge in [0.2, 0.25) is 0 Å². The SMILES string of the molecule is COc1cccc(N2CC(N)CC(c3cccc(Cl)c3)C2)c1. The van der Waals surface area contributed by atoms with Crippen molar-refractivity contribution in [2.75, 3.05) is 25.1 Å². The van der Waals surface area contributed by atoms with Gasteiger partial charge in [-0.1, -0.05) is 29.8 Å². The molecule has 0 spiro atoms. The summed E-state index contributed by atoms with van der Waals surface area (Å²) < 4.78 is 5.32. The summed E-state index contributed by atoms with van der Waals surface area (Å²) in [6.07, 6.45) is 0.987. The smallest absolute Gasteiger partial charge is 0.120 e. The van der Waals surface area contributed by atoms with Gasteiger partial charge in [0, 0.05) is 41.8 Å². The number of halogens is 1. The van der Waals surface area contributed by atoms with Crippen LogP contribution in [0, 0.1) is 0 Å². The summed E-state index contributed by atoms with van der Waals surface area (Å²) in [6, 6.07) is 16.4. The molecular weight excluding hydrogens is 296 g/mol. The maximum atomic E-state index is 6.29. The van der Waals surface area contributed by atoms with E-state index in [9.17, 15) is 0 Å². The van der Waals surface area contributed by atoms with Crippen LogP contribution in [0.3, 0.4) is 0 Å². The quantitative estimate of drug-likeness (QED) is 0.939. The van der Waals surface area contributed by atoms with Gasteiger partial charge < -0.3 is 15.4 Å². The number of nitrogens with two attached hydrogens (primary N) is 1. The molecular formula is C18H21ClN2O. The van der Waals surface area contributed by atoms with E-state index in [-0.39, 0.29) is 6.04 Å². The maximum absolute atomic E-state index is 6.29. The molecule has 2 aromatic carbocycles. The van der Waals surface area contributed by atoms with E-state index in [0.29, 0.717) is 5.92 Å². The van der Waals surface area contributed by atoms with E-state index in [1.165, 1.54) is 5.56 Å². The first-order valence-corrected chi connectivity index (χ1v) is 7.93. The van der Waals surface area contributed by atoms with E-state index in [1.54, 1.807) is 7.11 Å². The first kappa shape index (κ1) is 15.2. The van der Waals surface area contributed by atoms with E-state index in [1.807, 2.05) is 30.3 Å². The maximum Gasteiger partial charge on any atom is 0.120 e. The summed E-state index contributed by atoms with van der Waals surface area (Å²) in [5.41, 5.74) is 8.71.